The fourth-order valence-electron chi connectivity index (χ4n) is 6.65. The Hall–Kier alpha value is -3.95. The molecule has 0 amide bonds. The van der Waals surface area contributed by atoms with Crippen molar-refractivity contribution in [1.82, 2.24) is 15.5 Å². The number of hydrogen-bond acceptors (Lipinski definition) is 7. The van der Waals surface area contributed by atoms with E-state index in [1.807, 2.05) is 121 Å². The van der Waals surface area contributed by atoms with Crippen LogP contribution in [-0.4, -0.2) is 64.3 Å². The van der Waals surface area contributed by atoms with Gasteiger partial charge in [0.05, 0.1) is 10.9 Å². The Labute approximate surface area is 269 Å². The number of carbonyl (C=O) groups excluding carboxylic acids is 1. The number of rotatable bonds is 10. The number of aliphatic carboxylic acids is 1. The number of esters is 1. The second kappa shape index (κ2) is 13.6. The van der Waals surface area contributed by atoms with Crippen LogP contribution in [0.2, 0.25) is 0 Å². The minimum Gasteiger partial charge on any atom is -0.480 e. The topological polar surface area (TPSA) is 90.9 Å². The monoisotopic (exact) mass is 621 g/mol. The van der Waals surface area contributed by atoms with Gasteiger partial charge in [0.1, 0.15) is 18.7 Å². The standard InChI is InChI=1S/C37H39N3O4S/c1-40-24-22-36(23-25-40)32(35(43)44-26-27-14-6-2-7-15-27)38-33(45-36)31(34(41)42)39-37(28-16-8-3-9-17-28,29-18-10-4-11-19-29)30-20-12-5-13-21-30/h2-21,31-33,38-39H,22-26H2,1H3,(H,41,42). The number of piperidine rings is 1. The molecule has 8 heteroatoms. The van der Waals surface area contributed by atoms with Gasteiger partial charge in [0.25, 0.3) is 0 Å². The predicted molar refractivity (Wildman–Crippen MR) is 178 cm³/mol. The van der Waals surface area contributed by atoms with Gasteiger partial charge >= 0.3 is 11.9 Å². The van der Waals surface area contributed by atoms with Gasteiger partial charge in [-0.25, -0.2) is 0 Å². The fourth-order valence-corrected chi connectivity index (χ4v) is 8.40. The van der Waals surface area contributed by atoms with Gasteiger partial charge in [-0.2, -0.15) is 0 Å². The maximum atomic E-state index is 13.8. The van der Waals surface area contributed by atoms with Crippen LogP contribution in [0.25, 0.3) is 0 Å². The maximum absolute atomic E-state index is 13.8. The first kappa shape index (κ1) is 31.0. The molecule has 4 aromatic carbocycles. The highest BCUT2D eigenvalue weighted by Crippen LogP contribution is 2.48. The number of ether oxygens (including phenoxy) is 1. The first-order valence-electron chi connectivity index (χ1n) is 15.4. The lowest BCUT2D eigenvalue weighted by Gasteiger charge is -2.41. The Bertz CT molecular complexity index is 1470. The van der Waals surface area contributed by atoms with Crippen LogP contribution in [0.4, 0.5) is 0 Å². The Morgan fingerprint density at radius 1 is 0.867 bits per heavy atom. The zero-order chi connectivity index (χ0) is 31.3. The molecule has 0 bridgehead atoms. The van der Waals surface area contributed by atoms with Crippen LogP contribution in [0.5, 0.6) is 0 Å². The van der Waals surface area contributed by atoms with Gasteiger partial charge in [-0.3, -0.25) is 20.2 Å². The molecule has 3 N–H and O–H groups in total. The van der Waals surface area contributed by atoms with Crippen LogP contribution in [0.3, 0.4) is 0 Å². The molecule has 0 aliphatic carbocycles. The summed E-state index contributed by atoms with van der Waals surface area (Å²) in [5.41, 5.74) is 2.69. The van der Waals surface area contributed by atoms with Gasteiger partial charge in [0.15, 0.2) is 0 Å². The largest absolute Gasteiger partial charge is 0.480 e. The number of carboxylic acid groups (broad SMARTS) is 1. The molecule has 0 radical (unpaired) electrons. The average Bonchev–Trinajstić information content (AvgIpc) is 3.45. The van der Waals surface area contributed by atoms with Crippen LogP contribution >= 0.6 is 11.8 Å². The third-order valence-corrected chi connectivity index (χ3v) is 10.8. The third-order valence-electron chi connectivity index (χ3n) is 9.07. The van der Waals surface area contributed by atoms with Gasteiger partial charge in [-0.05, 0) is 55.2 Å². The highest BCUT2D eigenvalue weighted by Gasteiger charge is 2.56. The molecule has 1 spiro atoms. The predicted octanol–water partition coefficient (Wildman–Crippen LogP) is 5.26. The van der Waals surface area contributed by atoms with Crippen molar-refractivity contribution in [2.45, 2.75) is 47.2 Å². The van der Waals surface area contributed by atoms with E-state index in [1.165, 1.54) is 0 Å². The van der Waals surface area contributed by atoms with E-state index >= 15 is 0 Å². The number of benzene rings is 4. The Morgan fingerprint density at radius 3 is 1.80 bits per heavy atom. The van der Waals surface area contributed by atoms with E-state index in [2.05, 4.69) is 22.6 Å². The molecule has 0 aromatic heterocycles. The summed E-state index contributed by atoms with van der Waals surface area (Å²) in [5, 5.41) is 17.4. The lowest BCUT2D eigenvalue weighted by molar-refractivity contribution is -0.149. The van der Waals surface area contributed by atoms with E-state index in [-0.39, 0.29) is 12.6 Å². The molecule has 0 saturated carbocycles. The third kappa shape index (κ3) is 6.42. The number of hydrogen-bond donors (Lipinski definition) is 3. The minimum atomic E-state index is -1.06. The van der Waals surface area contributed by atoms with E-state index in [9.17, 15) is 14.7 Å². The van der Waals surface area contributed by atoms with E-state index in [0.717, 1.165) is 48.2 Å². The normalized spacial score (nSPS) is 20.5. The number of carboxylic acids is 1. The molecule has 232 valence electrons. The smallest absolute Gasteiger partial charge is 0.324 e. The Kier molecular flexibility index (Phi) is 9.37. The second-order valence-electron chi connectivity index (χ2n) is 11.9. The number of carbonyl (C=O) groups is 2. The Balaban J connectivity index is 1.38. The van der Waals surface area contributed by atoms with Crippen LogP contribution in [-0.2, 0) is 26.5 Å². The summed E-state index contributed by atoms with van der Waals surface area (Å²) >= 11 is 1.57. The summed E-state index contributed by atoms with van der Waals surface area (Å²) in [4.78, 5) is 29.4. The molecule has 3 atom stereocenters. The van der Waals surface area contributed by atoms with Gasteiger partial charge in [-0.15, -0.1) is 11.8 Å². The first-order chi connectivity index (χ1) is 21.9. The van der Waals surface area contributed by atoms with Crippen molar-refractivity contribution in [2.75, 3.05) is 20.1 Å². The van der Waals surface area contributed by atoms with Crippen molar-refractivity contribution >= 4 is 23.7 Å². The van der Waals surface area contributed by atoms with Gasteiger partial charge in [0, 0.05) is 4.75 Å². The van der Waals surface area contributed by atoms with Gasteiger partial charge in [0.2, 0.25) is 0 Å². The quantitative estimate of drug-likeness (QED) is 0.163. The van der Waals surface area contributed by atoms with Gasteiger partial charge in [-0.1, -0.05) is 121 Å². The number of thioether (sulfide) groups is 1. The molecular weight excluding hydrogens is 582 g/mol. The fraction of sp³-hybridized carbons (Fsp3) is 0.297. The molecule has 2 saturated heterocycles. The molecule has 45 heavy (non-hydrogen) atoms. The number of nitrogens with one attached hydrogen (secondary N) is 2. The summed E-state index contributed by atoms with van der Waals surface area (Å²) in [7, 11) is 2.08. The van der Waals surface area contributed by atoms with E-state index in [1.54, 1.807) is 11.8 Å². The summed E-state index contributed by atoms with van der Waals surface area (Å²) in [5.74, 6) is -1.34. The van der Waals surface area contributed by atoms with Gasteiger partial charge < -0.3 is 14.7 Å². The van der Waals surface area contributed by atoms with E-state index in [0.29, 0.717) is 0 Å². The van der Waals surface area contributed by atoms with Crippen LogP contribution in [0.15, 0.2) is 121 Å². The lowest BCUT2D eigenvalue weighted by Crippen LogP contribution is -2.59. The summed E-state index contributed by atoms with van der Waals surface area (Å²) in [6.07, 6.45) is 1.49. The van der Waals surface area contributed by atoms with Crippen molar-refractivity contribution in [3.8, 4) is 0 Å². The first-order valence-corrected chi connectivity index (χ1v) is 16.3. The number of nitrogens with zero attached hydrogens (tertiary/aromatic N) is 1. The molecule has 4 aromatic rings. The molecule has 6 rings (SSSR count). The molecule has 2 fully saturated rings. The second-order valence-corrected chi connectivity index (χ2v) is 13.5. The maximum Gasteiger partial charge on any atom is 0.324 e. The van der Waals surface area contributed by atoms with Crippen molar-refractivity contribution < 1.29 is 19.4 Å². The minimum absolute atomic E-state index is 0.170. The van der Waals surface area contributed by atoms with E-state index in [4.69, 9.17) is 4.74 Å². The Morgan fingerprint density at radius 2 is 1.33 bits per heavy atom. The lowest BCUT2D eigenvalue weighted by atomic mass is 9.76. The highest BCUT2D eigenvalue weighted by molar-refractivity contribution is 8.01. The van der Waals surface area contributed by atoms with Crippen LogP contribution < -0.4 is 10.6 Å². The molecular formula is C37H39N3O4S. The van der Waals surface area contributed by atoms with Crippen LogP contribution in [0, 0.1) is 0 Å². The average molecular weight is 622 g/mol. The van der Waals surface area contributed by atoms with Crippen LogP contribution in [0.1, 0.15) is 35.1 Å². The highest BCUT2D eigenvalue weighted by atomic mass is 32.2. The summed E-state index contributed by atoms with van der Waals surface area (Å²) < 4.78 is 5.38. The van der Waals surface area contributed by atoms with E-state index < -0.39 is 33.7 Å². The van der Waals surface area contributed by atoms with Crippen molar-refractivity contribution in [3.63, 3.8) is 0 Å². The SMILES string of the molecule is CN1CCC2(CC1)SC(C(NC(c1ccccc1)(c1ccccc1)c1ccccc1)C(=O)O)NC2C(=O)OCc1ccccc1. The van der Waals surface area contributed by atoms with Crippen molar-refractivity contribution in [2.24, 2.45) is 0 Å². The zero-order valence-electron chi connectivity index (χ0n) is 25.3. The molecule has 7 nitrogen and oxygen atoms in total. The molecule has 2 aliphatic heterocycles. The number of likely N-dealkylation sites (tertiary alicyclic amines) is 1. The molecule has 2 aliphatic rings. The summed E-state index contributed by atoms with van der Waals surface area (Å²) in [6, 6.07) is 37.8. The molecule has 3 unspecified atom stereocenters. The summed E-state index contributed by atoms with van der Waals surface area (Å²) in [6.45, 7) is 1.80. The van der Waals surface area contributed by atoms with Crippen molar-refractivity contribution in [3.05, 3.63) is 144 Å². The zero-order valence-corrected chi connectivity index (χ0v) is 26.2. The van der Waals surface area contributed by atoms with Crippen molar-refractivity contribution in [1.29, 1.82) is 0 Å². The molecule has 2 heterocycles.